The van der Waals surface area contributed by atoms with E-state index in [0.29, 0.717) is 11.7 Å². The molecule has 0 saturated heterocycles. The lowest BCUT2D eigenvalue weighted by molar-refractivity contribution is -0.133. The van der Waals surface area contributed by atoms with Gasteiger partial charge in [-0.25, -0.2) is 0 Å². The average Bonchev–Trinajstić information content (AvgIpc) is 1.93. The van der Waals surface area contributed by atoms with Crippen molar-refractivity contribution in [1.82, 2.24) is 0 Å². The smallest absolute Gasteiger partial charge is 0.137 e. The van der Waals surface area contributed by atoms with E-state index in [9.17, 15) is 4.79 Å². The molecule has 0 aromatic carbocycles. The summed E-state index contributed by atoms with van der Waals surface area (Å²) in [6, 6.07) is 2.21. The second-order valence-corrected chi connectivity index (χ2v) is 3.62. The van der Waals surface area contributed by atoms with E-state index < -0.39 is 0 Å². The molecule has 2 heteroatoms. The van der Waals surface area contributed by atoms with Gasteiger partial charge in [-0.05, 0) is 25.2 Å². The quantitative estimate of drug-likeness (QED) is 0.524. The summed E-state index contributed by atoms with van der Waals surface area (Å²) >= 11 is 0. The van der Waals surface area contributed by atoms with Gasteiger partial charge in [-0.15, -0.1) is 0 Å². The maximum atomic E-state index is 11.3. The van der Waals surface area contributed by atoms with E-state index in [4.69, 9.17) is 5.26 Å². The van der Waals surface area contributed by atoms with Gasteiger partial charge in [-0.3, -0.25) is 4.79 Å². The van der Waals surface area contributed by atoms with Gasteiger partial charge in [0.05, 0.1) is 12.0 Å². The zero-order valence-electron chi connectivity index (χ0n) is 6.42. The normalized spacial score (nSPS) is 42.1. The van der Waals surface area contributed by atoms with E-state index in [0.717, 1.165) is 19.3 Å². The monoisotopic (exact) mass is 149 g/mol. The molecule has 2 saturated carbocycles. The van der Waals surface area contributed by atoms with E-state index in [-0.39, 0.29) is 11.8 Å². The first-order valence-electron chi connectivity index (χ1n) is 4.25. The summed E-state index contributed by atoms with van der Waals surface area (Å²) in [7, 11) is 0. The fourth-order valence-corrected chi connectivity index (χ4v) is 2.37. The van der Waals surface area contributed by atoms with Crippen molar-refractivity contribution >= 4 is 5.78 Å². The van der Waals surface area contributed by atoms with E-state index in [1.165, 1.54) is 6.42 Å². The minimum Gasteiger partial charge on any atom is -0.299 e. The van der Waals surface area contributed by atoms with E-state index >= 15 is 0 Å². The number of ketones is 1. The molecule has 58 valence electrons. The summed E-state index contributed by atoms with van der Waals surface area (Å²) in [6.07, 6.45) is 3.93. The molecular weight excluding hydrogens is 138 g/mol. The lowest BCUT2D eigenvalue weighted by Gasteiger charge is -2.43. The number of Topliss-reactive ketones (excluding diaryl/α,β-unsaturated/α-hetero) is 1. The van der Waals surface area contributed by atoms with Crippen molar-refractivity contribution in [2.75, 3.05) is 0 Å². The van der Waals surface area contributed by atoms with Crippen LogP contribution in [-0.4, -0.2) is 5.78 Å². The summed E-state index contributed by atoms with van der Waals surface area (Å²) < 4.78 is 0. The molecule has 2 aliphatic rings. The van der Waals surface area contributed by atoms with Crippen LogP contribution >= 0.6 is 0 Å². The molecule has 0 aromatic rings. The Morgan fingerprint density at radius 3 is 3.00 bits per heavy atom. The summed E-state index contributed by atoms with van der Waals surface area (Å²) in [5.74, 6) is 1.11. The van der Waals surface area contributed by atoms with Crippen molar-refractivity contribution in [3.05, 3.63) is 0 Å². The van der Waals surface area contributed by atoms with Crippen LogP contribution in [0.4, 0.5) is 0 Å². The van der Waals surface area contributed by atoms with Crippen LogP contribution in [0.25, 0.3) is 0 Å². The first-order valence-corrected chi connectivity index (χ1v) is 4.25. The van der Waals surface area contributed by atoms with E-state index in [2.05, 4.69) is 6.07 Å². The molecule has 0 N–H and O–H groups in total. The largest absolute Gasteiger partial charge is 0.299 e. The SMILES string of the molecule is N#CC1C[C@@H]2CCCC(=O)[C@H]12. The van der Waals surface area contributed by atoms with Gasteiger partial charge in [0, 0.05) is 12.3 Å². The van der Waals surface area contributed by atoms with Crippen LogP contribution in [-0.2, 0) is 4.79 Å². The highest BCUT2D eigenvalue weighted by molar-refractivity contribution is 5.83. The van der Waals surface area contributed by atoms with Crippen LogP contribution < -0.4 is 0 Å². The molecule has 0 spiro atoms. The number of carbonyl (C=O) groups excluding carboxylic acids is 1. The number of carbonyl (C=O) groups is 1. The van der Waals surface area contributed by atoms with Crippen LogP contribution in [0.1, 0.15) is 25.7 Å². The zero-order valence-corrected chi connectivity index (χ0v) is 6.42. The van der Waals surface area contributed by atoms with Crippen molar-refractivity contribution in [2.45, 2.75) is 25.7 Å². The Kier molecular flexibility index (Phi) is 1.45. The van der Waals surface area contributed by atoms with Gasteiger partial charge in [0.25, 0.3) is 0 Å². The summed E-state index contributed by atoms with van der Waals surface area (Å²) in [5.41, 5.74) is 0. The molecule has 11 heavy (non-hydrogen) atoms. The highest BCUT2D eigenvalue weighted by atomic mass is 16.1. The zero-order chi connectivity index (χ0) is 7.84. The summed E-state index contributed by atoms with van der Waals surface area (Å²) in [4.78, 5) is 11.3. The van der Waals surface area contributed by atoms with Crippen LogP contribution in [0, 0.1) is 29.1 Å². The van der Waals surface area contributed by atoms with Gasteiger partial charge in [0.2, 0.25) is 0 Å². The van der Waals surface area contributed by atoms with Crippen molar-refractivity contribution in [3.8, 4) is 6.07 Å². The molecule has 0 radical (unpaired) electrons. The van der Waals surface area contributed by atoms with Gasteiger partial charge >= 0.3 is 0 Å². The minimum absolute atomic E-state index is 0.0628. The van der Waals surface area contributed by atoms with Gasteiger partial charge in [-0.1, -0.05) is 0 Å². The standard InChI is InChI=1S/C9H11NO/c10-5-7-4-6-2-1-3-8(11)9(6)7/h6-7,9H,1-4H2/t6-,7?,9-/m0/s1. The third-order valence-corrected chi connectivity index (χ3v) is 3.03. The van der Waals surface area contributed by atoms with Gasteiger partial charge in [0.15, 0.2) is 0 Å². The minimum atomic E-state index is 0.0628. The summed E-state index contributed by atoms with van der Waals surface area (Å²) in [6.45, 7) is 0. The van der Waals surface area contributed by atoms with Gasteiger partial charge < -0.3 is 0 Å². The molecule has 0 bridgehead atoms. The molecule has 0 aromatic heterocycles. The molecule has 2 fully saturated rings. The lowest BCUT2D eigenvalue weighted by Crippen LogP contribution is -2.43. The molecule has 1 unspecified atom stereocenters. The highest BCUT2D eigenvalue weighted by Crippen LogP contribution is 2.46. The fraction of sp³-hybridized carbons (Fsp3) is 0.778. The second kappa shape index (κ2) is 2.34. The van der Waals surface area contributed by atoms with Crippen LogP contribution in [0.3, 0.4) is 0 Å². The maximum absolute atomic E-state index is 11.3. The third kappa shape index (κ3) is 0.875. The molecule has 0 heterocycles. The average molecular weight is 149 g/mol. The first kappa shape index (κ1) is 6.84. The maximum Gasteiger partial charge on any atom is 0.137 e. The Balaban J connectivity index is 2.10. The van der Waals surface area contributed by atoms with Crippen molar-refractivity contribution < 1.29 is 4.79 Å². The predicted octanol–water partition coefficient (Wildman–Crippen LogP) is 1.52. The number of nitrogens with zero attached hydrogens (tertiary/aromatic N) is 1. The lowest BCUT2D eigenvalue weighted by atomic mass is 9.59. The van der Waals surface area contributed by atoms with Crippen LogP contribution in [0.2, 0.25) is 0 Å². The van der Waals surface area contributed by atoms with E-state index in [1.807, 2.05) is 0 Å². The second-order valence-electron chi connectivity index (χ2n) is 3.62. The predicted molar refractivity (Wildman–Crippen MR) is 39.6 cm³/mol. The van der Waals surface area contributed by atoms with Crippen molar-refractivity contribution in [2.24, 2.45) is 17.8 Å². The highest BCUT2D eigenvalue weighted by Gasteiger charge is 2.46. The summed E-state index contributed by atoms with van der Waals surface area (Å²) in [5, 5.41) is 8.64. The van der Waals surface area contributed by atoms with Gasteiger partial charge in [0.1, 0.15) is 5.78 Å². The molecular formula is C9H11NO. The first-order chi connectivity index (χ1) is 5.33. The van der Waals surface area contributed by atoms with Crippen molar-refractivity contribution in [3.63, 3.8) is 0 Å². The van der Waals surface area contributed by atoms with E-state index in [1.54, 1.807) is 0 Å². The van der Waals surface area contributed by atoms with Crippen LogP contribution in [0.15, 0.2) is 0 Å². The third-order valence-electron chi connectivity index (χ3n) is 3.03. The topological polar surface area (TPSA) is 40.9 Å². The molecule has 0 amide bonds. The number of hydrogen-bond acceptors (Lipinski definition) is 2. The number of rotatable bonds is 0. The number of fused-ring (bicyclic) bond motifs is 1. The fourth-order valence-electron chi connectivity index (χ4n) is 2.37. The number of hydrogen-bond donors (Lipinski definition) is 0. The molecule has 0 aliphatic heterocycles. The Bertz CT molecular complexity index is 228. The Morgan fingerprint density at radius 2 is 2.36 bits per heavy atom. The van der Waals surface area contributed by atoms with Crippen LogP contribution in [0.5, 0.6) is 0 Å². The Hall–Kier alpha value is -0.840. The molecule has 3 atom stereocenters. The molecule has 2 aliphatic carbocycles. The molecule has 2 rings (SSSR count). The van der Waals surface area contributed by atoms with Crippen molar-refractivity contribution in [1.29, 1.82) is 5.26 Å². The Labute approximate surface area is 66.2 Å². The Morgan fingerprint density at radius 1 is 1.55 bits per heavy atom. The molecule has 2 nitrogen and oxygen atoms in total. The van der Waals surface area contributed by atoms with Gasteiger partial charge in [-0.2, -0.15) is 5.26 Å². The number of nitriles is 1.